The number of halogens is 1. The minimum Gasteiger partial charge on any atom is -0.368 e. The Bertz CT molecular complexity index is 539. The second-order valence-corrected chi connectivity index (χ2v) is 6.53. The molecule has 1 aromatic carbocycles. The minimum absolute atomic E-state index is 0.209. The molecule has 2 rings (SSSR count). The van der Waals surface area contributed by atoms with Gasteiger partial charge in [-0.25, -0.2) is 0 Å². The van der Waals surface area contributed by atoms with Gasteiger partial charge in [0.15, 0.2) is 0 Å². The van der Waals surface area contributed by atoms with Gasteiger partial charge < -0.3 is 10.6 Å². The molecule has 0 aliphatic rings. The average molecular weight is 309 g/mol. The maximum atomic E-state index is 6.41. The van der Waals surface area contributed by atoms with Crippen molar-refractivity contribution in [3.8, 4) is 0 Å². The molecule has 0 saturated heterocycles. The first-order chi connectivity index (χ1) is 9.60. The standard InChI is InChI=1S/C16H21ClN2S/c1-3-13(18)9-12-6-7-16(15(17)10-12)19(2)11-14-5-4-8-20-14/h4-8,10,13H,3,9,11,18H2,1-2H3. The predicted octanol–water partition coefficient (Wildman–Crippen LogP) is 4.32. The van der Waals surface area contributed by atoms with Crippen molar-refractivity contribution in [1.29, 1.82) is 0 Å². The zero-order valence-corrected chi connectivity index (χ0v) is 13.5. The Hall–Kier alpha value is -1.03. The number of hydrogen-bond acceptors (Lipinski definition) is 3. The fourth-order valence-electron chi connectivity index (χ4n) is 2.16. The van der Waals surface area contributed by atoms with Crippen LogP contribution >= 0.6 is 22.9 Å². The van der Waals surface area contributed by atoms with E-state index in [0.29, 0.717) is 0 Å². The van der Waals surface area contributed by atoms with Crippen LogP contribution in [0.3, 0.4) is 0 Å². The zero-order chi connectivity index (χ0) is 14.5. The number of thiophene rings is 1. The third kappa shape index (κ3) is 3.98. The lowest BCUT2D eigenvalue weighted by Crippen LogP contribution is -2.21. The number of rotatable bonds is 6. The second kappa shape index (κ2) is 7.11. The molecule has 0 amide bonds. The van der Waals surface area contributed by atoms with Gasteiger partial charge in [0.25, 0.3) is 0 Å². The molecule has 4 heteroatoms. The lowest BCUT2D eigenvalue weighted by atomic mass is 10.0. The zero-order valence-electron chi connectivity index (χ0n) is 12.0. The molecule has 1 heterocycles. The van der Waals surface area contributed by atoms with Gasteiger partial charge in [0.05, 0.1) is 17.3 Å². The molecular formula is C16H21ClN2S. The first-order valence-corrected chi connectivity index (χ1v) is 8.13. The van der Waals surface area contributed by atoms with E-state index in [-0.39, 0.29) is 6.04 Å². The van der Waals surface area contributed by atoms with Crippen LogP contribution in [0, 0.1) is 0 Å². The summed E-state index contributed by atoms with van der Waals surface area (Å²) in [6.45, 7) is 2.99. The Kier molecular flexibility index (Phi) is 5.46. The molecule has 1 atom stereocenters. The SMILES string of the molecule is CCC(N)Cc1ccc(N(C)Cc2cccs2)c(Cl)c1. The molecule has 2 aromatic rings. The smallest absolute Gasteiger partial charge is 0.0642 e. The molecule has 0 aliphatic carbocycles. The quantitative estimate of drug-likeness (QED) is 0.861. The second-order valence-electron chi connectivity index (χ2n) is 5.09. The fourth-order valence-corrected chi connectivity index (χ4v) is 3.26. The van der Waals surface area contributed by atoms with E-state index in [9.17, 15) is 0 Å². The lowest BCUT2D eigenvalue weighted by Gasteiger charge is -2.20. The van der Waals surface area contributed by atoms with Crippen molar-refractivity contribution in [1.82, 2.24) is 0 Å². The summed E-state index contributed by atoms with van der Waals surface area (Å²) in [6, 6.07) is 10.7. The van der Waals surface area contributed by atoms with Crippen LogP contribution < -0.4 is 10.6 Å². The van der Waals surface area contributed by atoms with Crippen LogP contribution in [0.15, 0.2) is 35.7 Å². The highest BCUT2D eigenvalue weighted by molar-refractivity contribution is 7.09. The molecule has 0 bridgehead atoms. The number of nitrogens with zero attached hydrogens (tertiary/aromatic N) is 1. The van der Waals surface area contributed by atoms with E-state index in [1.807, 2.05) is 6.07 Å². The molecule has 108 valence electrons. The predicted molar refractivity (Wildman–Crippen MR) is 89.8 cm³/mol. The van der Waals surface area contributed by atoms with Crippen LogP contribution in [0.5, 0.6) is 0 Å². The minimum atomic E-state index is 0.209. The number of anilines is 1. The van der Waals surface area contributed by atoms with Crippen molar-refractivity contribution in [3.05, 3.63) is 51.2 Å². The Balaban J connectivity index is 2.08. The van der Waals surface area contributed by atoms with Crippen molar-refractivity contribution >= 4 is 28.6 Å². The van der Waals surface area contributed by atoms with Crippen molar-refractivity contribution in [2.24, 2.45) is 5.73 Å². The molecular weight excluding hydrogens is 288 g/mol. The van der Waals surface area contributed by atoms with Gasteiger partial charge in [0.1, 0.15) is 0 Å². The van der Waals surface area contributed by atoms with Crippen LogP contribution in [-0.4, -0.2) is 13.1 Å². The monoisotopic (exact) mass is 308 g/mol. The molecule has 2 nitrogen and oxygen atoms in total. The molecule has 20 heavy (non-hydrogen) atoms. The molecule has 0 saturated carbocycles. The van der Waals surface area contributed by atoms with Crippen molar-refractivity contribution in [2.75, 3.05) is 11.9 Å². The topological polar surface area (TPSA) is 29.3 Å². The van der Waals surface area contributed by atoms with Gasteiger partial charge >= 0.3 is 0 Å². The molecule has 0 aliphatic heterocycles. The average Bonchev–Trinajstić information content (AvgIpc) is 2.91. The molecule has 0 radical (unpaired) electrons. The van der Waals surface area contributed by atoms with Crippen molar-refractivity contribution in [2.45, 2.75) is 32.4 Å². The summed E-state index contributed by atoms with van der Waals surface area (Å²) in [5, 5.41) is 2.89. The summed E-state index contributed by atoms with van der Waals surface area (Å²) < 4.78 is 0. The summed E-state index contributed by atoms with van der Waals surface area (Å²) >= 11 is 8.18. The fraction of sp³-hybridized carbons (Fsp3) is 0.375. The molecule has 0 spiro atoms. The summed E-state index contributed by atoms with van der Waals surface area (Å²) in [5.41, 5.74) is 8.26. The molecule has 0 fully saturated rings. The Morgan fingerprint density at radius 2 is 2.15 bits per heavy atom. The lowest BCUT2D eigenvalue weighted by molar-refractivity contribution is 0.646. The molecule has 1 aromatic heterocycles. The Labute approximate surface area is 130 Å². The summed E-state index contributed by atoms with van der Waals surface area (Å²) in [7, 11) is 2.07. The first-order valence-electron chi connectivity index (χ1n) is 6.87. The van der Waals surface area contributed by atoms with Gasteiger partial charge in [0.2, 0.25) is 0 Å². The number of hydrogen-bond donors (Lipinski definition) is 1. The van der Waals surface area contributed by atoms with Crippen LogP contribution in [-0.2, 0) is 13.0 Å². The van der Waals surface area contributed by atoms with Gasteiger partial charge in [-0.05, 0) is 42.0 Å². The summed E-state index contributed by atoms with van der Waals surface area (Å²) in [6.07, 6.45) is 1.86. The van der Waals surface area contributed by atoms with Gasteiger partial charge in [0, 0.05) is 18.0 Å². The normalized spacial score (nSPS) is 12.4. The van der Waals surface area contributed by atoms with Crippen LogP contribution in [0.1, 0.15) is 23.8 Å². The van der Waals surface area contributed by atoms with E-state index in [4.69, 9.17) is 17.3 Å². The maximum absolute atomic E-state index is 6.41. The van der Waals surface area contributed by atoms with Crippen molar-refractivity contribution in [3.63, 3.8) is 0 Å². The van der Waals surface area contributed by atoms with Gasteiger partial charge in [-0.3, -0.25) is 0 Å². The third-order valence-corrected chi connectivity index (χ3v) is 4.58. The van der Waals surface area contributed by atoms with E-state index < -0.39 is 0 Å². The van der Waals surface area contributed by atoms with E-state index in [1.54, 1.807) is 11.3 Å². The van der Waals surface area contributed by atoms with Crippen LogP contribution in [0.25, 0.3) is 0 Å². The van der Waals surface area contributed by atoms with E-state index >= 15 is 0 Å². The van der Waals surface area contributed by atoms with E-state index in [1.165, 1.54) is 10.4 Å². The highest BCUT2D eigenvalue weighted by atomic mass is 35.5. The van der Waals surface area contributed by atoms with E-state index in [0.717, 1.165) is 30.1 Å². The Morgan fingerprint density at radius 1 is 1.35 bits per heavy atom. The van der Waals surface area contributed by atoms with Crippen LogP contribution in [0.2, 0.25) is 5.02 Å². The van der Waals surface area contributed by atoms with E-state index in [2.05, 4.69) is 48.5 Å². The summed E-state index contributed by atoms with van der Waals surface area (Å²) in [4.78, 5) is 3.51. The first kappa shape index (κ1) is 15.4. The highest BCUT2D eigenvalue weighted by Gasteiger charge is 2.09. The van der Waals surface area contributed by atoms with Crippen LogP contribution in [0.4, 0.5) is 5.69 Å². The third-order valence-electron chi connectivity index (χ3n) is 3.42. The van der Waals surface area contributed by atoms with Gasteiger partial charge in [-0.1, -0.05) is 30.7 Å². The Morgan fingerprint density at radius 3 is 2.75 bits per heavy atom. The maximum Gasteiger partial charge on any atom is 0.0642 e. The van der Waals surface area contributed by atoms with Gasteiger partial charge in [-0.15, -0.1) is 11.3 Å². The molecule has 1 unspecified atom stereocenters. The van der Waals surface area contributed by atoms with Crippen molar-refractivity contribution < 1.29 is 0 Å². The number of benzene rings is 1. The summed E-state index contributed by atoms with van der Waals surface area (Å²) in [5.74, 6) is 0. The highest BCUT2D eigenvalue weighted by Crippen LogP contribution is 2.28. The van der Waals surface area contributed by atoms with Gasteiger partial charge in [-0.2, -0.15) is 0 Å². The molecule has 2 N–H and O–H groups in total. The number of nitrogens with two attached hydrogens (primary N) is 1. The largest absolute Gasteiger partial charge is 0.368 e.